The number of rotatable bonds is 7. The van der Waals surface area contributed by atoms with Gasteiger partial charge in [-0.3, -0.25) is 4.68 Å². The summed E-state index contributed by atoms with van der Waals surface area (Å²) in [5.41, 5.74) is 5.42. The molecule has 0 spiro atoms. The van der Waals surface area contributed by atoms with Gasteiger partial charge >= 0.3 is 0 Å². The number of nitrogens with two attached hydrogens (primary N) is 1. The van der Waals surface area contributed by atoms with Crippen LogP contribution in [0.5, 0.6) is 0 Å². The summed E-state index contributed by atoms with van der Waals surface area (Å²) in [6.07, 6.45) is 3.53. The molecule has 2 aromatic heterocycles. The fourth-order valence-electron chi connectivity index (χ4n) is 1.83. The van der Waals surface area contributed by atoms with Crippen LogP contribution in [-0.2, 0) is 16.6 Å². The number of hydrogen-bond donors (Lipinski definition) is 2. The number of sulfonamides is 1. The molecule has 0 aliphatic heterocycles. The van der Waals surface area contributed by atoms with E-state index in [0.717, 1.165) is 4.88 Å². The third-order valence-corrected chi connectivity index (χ3v) is 5.28. The van der Waals surface area contributed by atoms with Gasteiger partial charge in [0.2, 0.25) is 10.0 Å². The number of nitrogens with zero attached hydrogens (tertiary/aromatic N) is 2. The molecule has 8 heteroatoms. The highest BCUT2D eigenvalue weighted by molar-refractivity contribution is 7.89. The molecule has 0 amide bonds. The minimum absolute atomic E-state index is 0.168. The van der Waals surface area contributed by atoms with E-state index in [1.54, 1.807) is 11.3 Å². The standard InChI is InChI=1S/C12H18N4O2S2/c1-2-11(12-4-3-7-19-12)15-20(17,18)10-8-14-16(9-10)6-5-13/h3-4,7-9,11,15H,2,5-6,13H2,1H3. The fraction of sp³-hybridized carbons (Fsp3) is 0.417. The van der Waals surface area contributed by atoms with Crippen LogP contribution in [0.4, 0.5) is 0 Å². The first-order valence-electron chi connectivity index (χ1n) is 6.35. The molecule has 0 fully saturated rings. The molecular weight excluding hydrogens is 296 g/mol. The Morgan fingerprint density at radius 1 is 1.55 bits per heavy atom. The molecule has 6 nitrogen and oxygen atoms in total. The van der Waals surface area contributed by atoms with E-state index in [-0.39, 0.29) is 10.9 Å². The molecule has 2 aromatic rings. The first-order chi connectivity index (χ1) is 9.56. The van der Waals surface area contributed by atoms with E-state index in [2.05, 4.69) is 9.82 Å². The van der Waals surface area contributed by atoms with Gasteiger partial charge in [-0.2, -0.15) is 5.10 Å². The Kier molecular flexibility index (Phi) is 4.92. The third kappa shape index (κ3) is 3.45. The van der Waals surface area contributed by atoms with E-state index < -0.39 is 10.0 Å². The Labute approximate surface area is 122 Å². The van der Waals surface area contributed by atoms with Gasteiger partial charge in [-0.1, -0.05) is 13.0 Å². The normalized spacial score (nSPS) is 13.5. The van der Waals surface area contributed by atoms with Crippen LogP contribution in [0.3, 0.4) is 0 Å². The molecule has 0 aliphatic carbocycles. The molecule has 110 valence electrons. The number of nitrogens with one attached hydrogen (secondary N) is 1. The Bertz CT molecular complexity index is 634. The number of aromatic nitrogens is 2. The summed E-state index contributed by atoms with van der Waals surface area (Å²) in [6.45, 7) is 2.86. The molecule has 0 bridgehead atoms. The average molecular weight is 314 g/mol. The molecule has 2 heterocycles. The minimum atomic E-state index is -3.56. The van der Waals surface area contributed by atoms with Gasteiger partial charge in [-0.15, -0.1) is 11.3 Å². The van der Waals surface area contributed by atoms with Crippen LogP contribution in [0.2, 0.25) is 0 Å². The predicted molar refractivity (Wildman–Crippen MR) is 79.0 cm³/mol. The maximum Gasteiger partial charge on any atom is 0.244 e. The van der Waals surface area contributed by atoms with E-state index in [4.69, 9.17) is 5.73 Å². The van der Waals surface area contributed by atoms with Crippen molar-refractivity contribution in [1.29, 1.82) is 0 Å². The van der Waals surface area contributed by atoms with Crippen molar-refractivity contribution in [3.05, 3.63) is 34.8 Å². The lowest BCUT2D eigenvalue weighted by Crippen LogP contribution is -2.27. The van der Waals surface area contributed by atoms with Crippen LogP contribution in [0, 0.1) is 0 Å². The van der Waals surface area contributed by atoms with Gasteiger partial charge in [0, 0.05) is 17.6 Å². The second-order valence-electron chi connectivity index (χ2n) is 4.33. The molecule has 0 radical (unpaired) electrons. The van der Waals surface area contributed by atoms with Gasteiger partial charge in [0.05, 0.1) is 18.8 Å². The van der Waals surface area contributed by atoms with Crippen molar-refractivity contribution in [2.24, 2.45) is 5.73 Å². The zero-order valence-corrected chi connectivity index (χ0v) is 12.8. The molecule has 3 N–H and O–H groups in total. The van der Waals surface area contributed by atoms with Crippen molar-refractivity contribution in [2.45, 2.75) is 30.8 Å². The minimum Gasteiger partial charge on any atom is -0.329 e. The van der Waals surface area contributed by atoms with E-state index in [1.807, 2.05) is 24.4 Å². The van der Waals surface area contributed by atoms with E-state index in [0.29, 0.717) is 19.5 Å². The molecule has 0 aliphatic rings. The van der Waals surface area contributed by atoms with Crippen molar-refractivity contribution in [3.63, 3.8) is 0 Å². The zero-order chi connectivity index (χ0) is 14.6. The van der Waals surface area contributed by atoms with Gasteiger partial charge in [0.1, 0.15) is 4.90 Å². The number of thiophene rings is 1. The highest BCUT2D eigenvalue weighted by atomic mass is 32.2. The van der Waals surface area contributed by atoms with Gasteiger partial charge < -0.3 is 5.73 Å². The number of hydrogen-bond acceptors (Lipinski definition) is 5. The lowest BCUT2D eigenvalue weighted by atomic mass is 10.2. The molecule has 1 atom stereocenters. The maximum absolute atomic E-state index is 12.3. The van der Waals surface area contributed by atoms with Crippen LogP contribution >= 0.6 is 11.3 Å². The Hall–Kier alpha value is -1.22. The van der Waals surface area contributed by atoms with Gasteiger partial charge in [0.15, 0.2) is 0 Å². The summed E-state index contributed by atoms with van der Waals surface area (Å²) in [4.78, 5) is 1.17. The molecule has 1 unspecified atom stereocenters. The van der Waals surface area contributed by atoms with Crippen molar-refractivity contribution in [1.82, 2.24) is 14.5 Å². The van der Waals surface area contributed by atoms with E-state index >= 15 is 0 Å². The lowest BCUT2D eigenvalue weighted by Gasteiger charge is -2.14. The molecule has 0 saturated heterocycles. The van der Waals surface area contributed by atoms with Crippen LogP contribution < -0.4 is 10.5 Å². The molecule has 0 aromatic carbocycles. The third-order valence-electron chi connectivity index (χ3n) is 2.87. The Balaban J connectivity index is 2.17. The van der Waals surface area contributed by atoms with Crippen molar-refractivity contribution in [3.8, 4) is 0 Å². The SMILES string of the molecule is CCC(NS(=O)(=O)c1cnn(CCN)c1)c1cccs1. The van der Waals surface area contributed by atoms with Crippen molar-refractivity contribution >= 4 is 21.4 Å². The summed E-state index contributed by atoms with van der Waals surface area (Å²) in [7, 11) is -3.56. The van der Waals surface area contributed by atoms with Crippen LogP contribution in [0.15, 0.2) is 34.8 Å². The smallest absolute Gasteiger partial charge is 0.244 e. The summed E-state index contributed by atoms with van der Waals surface area (Å²) in [6, 6.07) is 3.63. The predicted octanol–water partition coefficient (Wildman–Crippen LogP) is 1.33. The van der Waals surface area contributed by atoms with Crippen LogP contribution in [-0.4, -0.2) is 24.7 Å². The highest BCUT2D eigenvalue weighted by Crippen LogP contribution is 2.23. The van der Waals surface area contributed by atoms with Gasteiger partial charge in [-0.25, -0.2) is 13.1 Å². The fourth-order valence-corrected chi connectivity index (χ4v) is 4.01. The summed E-state index contributed by atoms with van der Waals surface area (Å²) >= 11 is 1.54. The summed E-state index contributed by atoms with van der Waals surface area (Å²) < 4.78 is 28.9. The molecular formula is C12H18N4O2S2. The van der Waals surface area contributed by atoms with Crippen molar-refractivity contribution in [2.75, 3.05) is 6.54 Å². The molecule has 20 heavy (non-hydrogen) atoms. The quantitative estimate of drug-likeness (QED) is 0.807. The first-order valence-corrected chi connectivity index (χ1v) is 8.71. The van der Waals surface area contributed by atoms with Crippen LogP contribution in [0.25, 0.3) is 0 Å². The first kappa shape index (κ1) is 15.2. The topological polar surface area (TPSA) is 90.0 Å². The Morgan fingerprint density at radius 3 is 2.95 bits per heavy atom. The second kappa shape index (κ2) is 6.49. The van der Waals surface area contributed by atoms with Crippen molar-refractivity contribution < 1.29 is 8.42 Å². The van der Waals surface area contributed by atoms with E-state index in [9.17, 15) is 8.42 Å². The van der Waals surface area contributed by atoms with E-state index in [1.165, 1.54) is 17.1 Å². The maximum atomic E-state index is 12.3. The molecule has 2 rings (SSSR count). The van der Waals surface area contributed by atoms with Gasteiger partial charge in [0.25, 0.3) is 0 Å². The largest absolute Gasteiger partial charge is 0.329 e. The van der Waals surface area contributed by atoms with Gasteiger partial charge in [-0.05, 0) is 17.9 Å². The summed E-state index contributed by atoms with van der Waals surface area (Å²) in [5.74, 6) is 0. The molecule has 0 saturated carbocycles. The Morgan fingerprint density at radius 2 is 2.35 bits per heavy atom. The zero-order valence-electron chi connectivity index (χ0n) is 11.2. The lowest BCUT2D eigenvalue weighted by molar-refractivity contribution is 0.552. The van der Waals surface area contributed by atoms with Crippen LogP contribution in [0.1, 0.15) is 24.3 Å². The highest BCUT2D eigenvalue weighted by Gasteiger charge is 2.22. The summed E-state index contributed by atoms with van der Waals surface area (Å²) in [5, 5.41) is 5.92. The average Bonchev–Trinajstić information content (AvgIpc) is 3.07. The second-order valence-corrected chi connectivity index (χ2v) is 7.02. The monoisotopic (exact) mass is 314 g/mol.